The number of pyridine rings is 1. The van der Waals surface area contributed by atoms with E-state index in [1.165, 1.54) is 0 Å². The first-order chi connectivity index (χ1) is 9.43. The second kappa shape index (κ2) is 8.48. The fourth-order valence-corrected chi connectivity index (χ4v) is 2.09. The largest absolute Gasteiger partial charge is 0.392 e. The Kier molecular flexibility index (Phi) is 7.31. The van der Waals surface area contributed by atoms with E-state index in [1.807, 2.05) is 6.07 Å². The maximum Gasteiger partial charge on any atom is 0.128 e. The molecule has 0 spiro atoms. The summed E-state index contributed by atoms with van der Waals surface area (Å²) < 4.78 is 0. The minimum Gasteiger partial charge on any atom is -0.392 e. The monoisotopic (exact) mass is 298 g/mol. The van der Waals surface area contributed by atoms with Crippen LogP contribution in [0.3, 0.4) is 0 Å². The highest BCUT2D eigenvalue weighted by atomic mass is 35.5. The van der Waals surface area contributed by atoms with E-state index >= 15 is 0 Å². The van der Waals surface area contributed by atoms with E-state index in [1.54, 1.807) is 6.20 Å². The molecule has 0 fully saturated rings. The van der Waals surface area contributed by atoms with Crippen LogP contribution in [0.2, 0.25) is 5.02 Å². The highest BCUT2D eigenvalue weighted by molar-refractivity contribution is 6.31. The number of aliphatic hydroxyl groups excluding tert-OH is 1. The molecule has 0 aliphatic rings. The number of hydrogen-bond donors (Lipinski definition) is 1. The molecule has 0 radical (unpaired) electrons. The summed E-state index contributed by atoms with van der Waals surface area (Å²) in [5, 5.41) is 9.86. The average molecular weight is 299 g/mol. The van der Waals surface area contributed by atoms with Crippen molar-refractivity contribution in [1.82, 2.24) is 4.98 Å². The SMILES string of the molecule is CC(C)CCN(CCC(C)C)c1cc(CO)c(Cl)cn1. The molecule has 3 nitrogen and oxygen atoms in total. The van der Waals surface area contributed by atoms with E-state index in [2.05, 4.69) is 37.6 Å². The van der Waals surface area contributed by atoms with E-state index < -0.39 is 0 Å². The van der Waals surface area contributed by atoms with Gasteiger partial charge in [-0.15, -0.1) is 0 Å². The number of aliphatic hydroxyl groups is 1. The van der Waals surface area contributed by atoms with Crippen molar-refractivity contribution in [2.24, 2.45) is 11.8 Å². The van der Waals surface area contributed by atoms with Gasteiger partial charge in [-0.3, -0.25) is 0 Å². The standard InChI is InChI=1S/C16H27ClN2O/c1-12(2)5-7-19(8-6-13(3)4)16-9-14(11-20)15(17)10-18-16/h9-10,12-13,20H,5-8,11H2,1-4H3. The lowest BCUT2D eigenvalue weighted by Gasteiger charge is -2.26. The van der Waals surface area contributed by atoms with Crippen LogP contribution in [0.4, 0.5) is 5.82 Å². The van der Waals surface area contributed by atoms with E-state index in [-0.39, 0.29) is 6.61 Å². The van der Waals surface area contributed by atoms with Gasteiger partial charge in [-0.1, -0.05) is 39.3 Å². The Morgan fingerprint density at radius 1 is 1.15 bits per heavy atom. The van der Waals surface area contributed by atoms with E-state index in [4.69, 9.17) is 11.6 Å². The summed E-state index contributed by atoms with van der Waals surface area (Å²) in [7, 11) is 0. The molecule has 0 saturated heterocycles. The summed E-state index contributed by atoms with van der Waals surface area (Å²) in [4.78, 5) is 6.73. The first-order valence-electron chi connectivity index (χ1n) is 7.44. The van der Waals surface area contributed by atoms with Gasteiger partial charge in [-0.2, -0.15) is 0 Å². The zero-order valence-electron chi connectivity index (χ0n) is 13.1. The Labute approximate surface area is 128 Å². The van der Waals surface area contributed by atoms with Crippen LogP contribution in [-0.4, -0.2) is 23.2 Å². The molecule has 0 aliphatic heterocycles. The molecule has 0 aromatic carbocycles. The Morgan fingerprint density at radius 2 is 1.70 bits per heavy atom. The lowest BCUT2D eigenvalue weighted by atomic mass is 10.1. The fraction of sp³-hybridized carbons (Fsp3) is 0.688. The Balaban J connectivity index is 2.84. The van der Waals surface area contributed by atoms with Crippen molar-refractivity contribution < 1.29 is 5.11 Å². The summed E-state index contributed by atoms with van der Waals surface area (Å²) >= 11 is 6.02. The maximum absolute atomic E-state index is 9.33. The molecule has 1 N–H and O–H groups in total. The van der Waals surface area contributed by atoms with Gasteiger partial charge in [-0.25, -0.2) is 4.98 Å². The van der Waals surface area contributed by atoms with Gasteiger partial charge in [0.1, 0.15) is 5.82 Å². The van der Waals surface area contributed by atoms with Gasteiger partial charge in [0.05, 0.1) is 11.6 Å². The lowest BCUT2D eigenvalue weighted by molar-refractivity contribution is 0.282. The molecule has 0 amide bonds. The molecule has 114 valence electrons. The summed E-state index contributed by atoms with van der Waals surface area (Å²) in [5.74, 6) is 2.25. The van der Waals surface area contributed by atoms with E-state index in [9.17, 15) is 5.11 Å². The highest BCUT2D eigenvalue weighted by Crippen LogP contribution is 2.22. The number of hydrogen-bond acceptors (Lipinski definition) is 3. The normalized spacial score (nSPS) is 11.4. The van der Waals surface area contributed by atoms with Crippen molar-refractivity contribution in [2.45, 2.75) is 47.1 Å². The third-order valence-electron chi connectivity index (χ3n) is 3.37. The lowest BCUT2D eigenvalue weighted by Crippen LogP contribution is -2.28. The second-order valence-corrected chi connectivity index (χ2v) is 6.55. The number of anilines is 1. The van der Waals surface area contributed by atoms with Crippen molar-refractivity contribution in [2.75, 3.05) is 18.0 Å². The quantitative estimate of drug-likeness (QED) is 0.784. The number of halogens is 1. The minimum atomic E-state index is -0.0451. The molecular formula is C16H27ClN2O. The van der Waals surface area contributed by atoms with Crippen LogP contribution in [0.15, 0.2) is 12.3 Å². The molecular weight excluding hydrogens is 272 g/mol. The molecule has 20 heavy (non-hydrogen) atoms. The Bertz CT molecular complexity index is 395. The van der Waals surface area contributed by atoms with Crippen molar-refractivity contribution in [1.29, 1.82) is 0 Å². The zero-order valence-corrected chi connectivity index (χ0v) is 13.8. The fourth-order valence-electron chi connectivity index (χ4n) is 1.93. The van der Waals surface area contributed by atoms with Gasteiger partial charge in [0, 0.05) is 24.8 Å². The van der Waals surface area contributed by atoms with Crippen LogP contribution in [0.1, 0.15) is 46.1 Å². The second-order valence-electron chi connectivity index (χ2n) is 6.14. The minimum absolute atomic E-state index is 0.0451. The number of aromatic nitrogens is 1. The van der Waals surface area contributed by atoms with Gasteiger partial charge in [0.15, 0.2) is 0 Å². The average Bonchev–Trinajstić information content (AvgIpc) is 2.39. The summed E-state index contributed by atoms with van der Waals surface area (Å²) in [5.41, 5.74) is 0.746. The Hall–Kier alpha value is -0.800. The van der Waals surface area contributed by atoms with Gasteiger partial charge in [0.2, 0.25) is 0 Å². The van der Waals surface area contributed by atoms with Crippen LogP contribution in [-0.2, 0) is 6.61 Å². The smallest absolute Gasteiger partial charge is 0.128 e. The predicted octanol–water partition coefficient (Wildman–Crippen LogP) is 4.13. The van der Waals surface area contributed by atoms with Crippen LogP contribution < -0.4 is 4.90 Å². The topological polar surface area (TPSA) is 36.4 Å². The molecule has 1 rings (SSSR count). The van der Waals surface area contributed by atoms with Gasteiger partial charge in [0.25, 0.3) is 0 Å². The summed E-state index contributed by atoms with van der Waals surface area (Å²) in [6.07, 6.45) is 3.91. The van der Waals surface area contributed by atoms with Gasteiger partial charge < -0.3 is 10.0 Å². The van der Waals surface area contributed by atoms with Crippen molar-refractivity contribution in [3.05, 3.63) is 22.8 Å². The van der Waals surface area contributed by atoms with Crippen LogP contribution in [0.25, 0.3) is 0 Å². The number of rotatable bonds is 8. The molecule has 1 aromatic rings. The third kappa shape index (κ3) is 5.68. The molecule has 0 aliphatic carbocycles. The zero-order chi connectivity index (χ0) is 15.1. The van der Waals surface area contributed by atoms with Gasteiger partial charge >= 0.3 is 0 Å². The molecule has 1 heterocycles. The first-order valence-corrected chi connectivity index (χ1v) is 7.82. The van der Waals surface area contributed by atoms with E-state index in [0.717, 1.165) is 37.3 Å². The molecule has 0 bridgehead atoms. The van der Waals surface area contributed by atoms with Gasteiger partial charge in [-0.05, 0) is 30.7 Å². The van der Waals surface area contributed by atoms with E-state index in [0.29, 0.717) is 16.9 Å². The van der Waals surface area contributed by atoms with Crippen molar-refractivity contribution in [3.63, 3.8) is 0 Å². The van der Waals surface area contributed by atoms with Crippen molar-refractivity contribution in [3.8, 4) is 0 Å². The predicted molar refractivity (Wildman–Crippen MR) is 86.3 cm³/mol. The first kappa shape index (κ1) is 17.3. The molecule has 0 atom stereocenters. The van der Waals surface area contributed by atoms with Crippen molar-refractivity contribution >= 4 is 17.4 Å². The molecule has 0 unspecified atom stereocenters. The maximum atomic E-state index is 9.33. The molecule has 4 heteroatoms. The summed E-state index contributed by atoms with van der Waals surface area (Å²) in [6.45, 7) is 10.9. The highest BCUT2D eigenvalue weighted by Gasteiger charge is 2.12. The van der Waals surface area contributed by atoms with Crippen LogP contribution >= 0.6 is 11.6 Å². The van der Waals surface area contributed by atoms with Crippen LogP contribution in [0, 0.1) is 11.8 Å². The number of nitrogens with zero attached hydrogens (tertiary/aromatic N) is 2. The summed E-state index contributed by atoms with van der Waals surface area (Å²) in [6, 6.07) is 1.91. The third-order valence-corrected chi connectivity index (χ3v) is 3.71. The van der Waals surface area contributed by atoms with Crippen LogP contribution in [0.5, 0.6) is 0 Å². The Morgan fingerprint density at radius 3 is 2.15 bits per heavy atom. The molecule has 1 aromatic heterocycles. The molecule has 0 saturated carbocycles.